The largest absolute Gasteiger partial charge is 0.493 e. The molecule has 0 bridgehead atoms. The van der Waals surface area contributed by atoms with Crippen LogP contribution in [-0.2, 0) is 4.79 Å². The molecule has 0 saturated carbocycles. The lowest BCUT2D eigenvalue weighted by molar-refractivity contribution is -0.131. The Kier molecular flexibility index (Phi) is 6.54. The predicted molar refractivity (Wildman–Crippen MR) is 128 cm³/mol. The number of carbonyl (C=O) groups is 2. The van der Waals surface area contributed by atoms with Crippen LogP contribution in [0.2, 0.25) is 0 Å². The number of ether oxygens (including phenoxy) is 3. The summed E-state index contributed by atoms with van der Waals surface area (Å²) in [5, 5.41) is 1.56. The van der Waals surface area contributed by atoms with Crippen molar-refractivity contribution in [3.8, 4) is 17.2 Å². The van der Waals surface area contributed by atoms with Gasteiger partial charge in [0.1, 0.15) is 5.75 Å². The van der Waals surface area contributed by atoms with E-state index in [2.05, 4.69) is 5.43 Å². The van der Waals surface area contributed by atoms with Crippen LogP contribution in [0.4, 0.5) is 0 Å². The van der Waals surface area contributed by atoms with Crippen LogP contribution < -0.4 is 19.6 Å². The molecule has 0 fully saturated rings. The van der Waals surface area contributed by atoms with Crippen LogP contribution in [-0.4, -0.2) is 31.1 Å². The third-order valence-electron chi connectivity index (χ3n) is 5.54. The third-order valence-corrected chi connectivity index (χ3v) is 5.54. The Morgan fingerprint density at radius 1 is 0.882 bits per heavy atom. The van der Waals surface area contributed by atoms with Crippen molar-refractivity contribution in [1.82, 2.24) is 10.4 Å². The average Bonchev–Trinajstić information content (AvgIpc) is 3.29. The zero-order chi connectivity index (χ0) is 24.2. The summed E-state index contributed by atoms with van der Waals surface area (Å²) in [6.45, 7) is 3.33. The van der Waals surface area contributed by atoms with Crippen molar-refractivity contribution in [2.75, 3.05) is 14.2 Å². The normalized spacial score (nSPS) is 14.8. The van der Waals surface area contributed by atoms with Gasteiger partial charge in [-0.05, 0) is 55.0 Å². The van der Waals surface area contributed by atoms with Gasteiger partial charge in [-0.15, -0.1) is 0 Å². The third kappa shape index (κ3) is 4.59. The van der Waals surface area contributed by atoms with Crippen LogP contribution >= 0.6 is 0 Å². The van der Waals surface area contributed by atoms with Crippen LogP contribution in [0.1, 0.15) is 40.0 Å². The number of amides is 1. The molecule has 0 spiro atoms. The number of carbonyl (C=O) groups excluding carboxylic acids is 2. The SMILES string of the molecule is COc1ccc([C@@H]2C=C(c3ccccc3OC(C)=O)NN2C(=O)c2ccc(C)cc2)cc1OC. The molecule has 0 saturated heterocycles. The first-order valence-electron chi connectivity index (χ1n) is 10.8. The summed E-state index contributed by atoms with van der Waals surface area (Å²) in [5.74, 6) is 0.943. The minimum Gasteiger partial charge on any atom is -0.493 e. The number of nitrogens with zero attached hydrogens (tertiary/aromatic N) is 1. The fraction of sp³-hybridized carbons (Fsp3) is 0.185. The smallest absolute Gasteiger partial charge is 0.308 e. The van der Waals surface area contributed by atoms with Crippen molar-refractivity contribution >= 4 is 17.6 Å². The molecule has 1 N–H and O–H groups in total. The number of esters is 1. The Balaban J connectivity index is 1.78. The second-order valence-electron chi connectivity index (χ2n) is 7.88. The van der Waals surface area contributed by atoms with Crippen molar-refractivity contribution in [3.05, 3.63) is 95.1 Å². The number of aryl methyl sites for hydroxylation is 1. The highest BCUT2D eigenvalue weighted by atomic mass is 16.5. The van der Waals surface area contributed by atoms with Gasteiger partial charge in [0.25, 0.3) is 5.91 Å². The maximum Gasteiger partial charge on any atom is 0.308 e. The van der Waals surface area contributed by atoms with Crippen molar-refractivity contribution in [2.45, 2.75) is 19.9 Å². The molecule has 1 aliphatic rings. The van der Waals surface area contributed by atoms with Gasteiger partial charge in [-0.1, -0.05) is 35.9 Å². The Labute approximate surface area is 198 Å². The number of hydrazine groups is 1. The quantitative estimate of drug-likeness (QED) is 0.427. The van der Waals surface area contributed by atoms with Crippen LogP contribution in [0.5, 0.6) is 17.2 Å². The Morgan fingerprint density at radius 3 is 2.26 bits per heavy atom. The fourth-order valence-corrected chi connectivity index (χ4v) is 3.85. The van der Waals surface area contributed by atoms with Gasteiger partial charge in [-0.3, -0.25) is 15.0 Å². The van der Waals surface area contributed by atoms with Gasteiger partial charge in [0, 0.05) is 18.1 Å². The van der Waals surface area contributed by atoms with Gasteiger partial charge in [0.05, 0.1) is 26.0 Å². The summed E-state index contributed by atoms with van der Waals surface area (Å²) >= 11 is 0. The van der Waals surface area contributed by atoms with Gasteiger partial charge in [0.2, 0.25) is 0 Å². The number of benzene rings is 3. The molecule has 1 heterocycles. The van der Waals surface area contributed by atoms with E-state index in [1.54, 1.807) is 49.6 Å². The van der Waals surface area contributed by atoms with Crippen LogP contribution in [0, 0.1) is 6.92 Å². The van der Waals surface area contributed by atoms with E-state index in [0.717, 1.165) is 11.1 Å². The molecule has 0 radical (unpaired) electrons. The summed E-state index contributed by atoms with van der Waals surface area (Å²) in [5.41, 5.74) is 6.99. The lowest BCUT2D eigenvalue weighted by atomic mass is 10.0. The summed E-state index contributed by atoms with van der Waals surface area (Å²) < 4.78 is 16.2. The fourth-order valence-electron chi connectivity index (χ4n) is 3.85. The first-order valence-corrected chi connectivity index (χ1v) is 10.8. The molecule has 174 valence electrons. The molecule has 34 heavy (non-hydrogen) atoms. The van der Waals surface area contributed by atoms with Crippen molar-refractivity contribution in [2.24, 2.45) is 0 Å². The lowest BCUT2D eigenvalue weighted by Crippen LogP contribution is -2.39. The molecule has 3 aromatic carbocycles. The number of nitrogens with one attached hydrogen (secondary N) is 1. The van der Waals surface area contributed by atoms with E-state index in [1.807, 2.05) is 49.4 Å². The average molecular weight is 459 g/mol. The number of para-hydroxylation sites is 1. The zero-order valence-corrected chi connectivity index (χ0v) is 19.5. The molecule has 0 aromatic heterocycles. The minimum absolute atomic E-state index is 0.198. The van der Waals surface area contributed by atoms with E-state index in [9.17, 15) is 9.59 Å². The lowest BCUT2D eigenvalue weighted by Gasteiger charge is -2.26. The Hall–Kier alpha value is -4.26. The van der Waals surface area contributed by atoms with Crippen molar-refractivity contribution in [1.29, 1.82) is 0 Å². The number of rotatable bonds is 6. The number of hydrogen-bond acceptors (Lipinski definition) is 6. The maximum absolute atomic E-state index is 13.5. The molecule has 1 atom stereocenters. The van der Waals surface area contributed by atoms with Gasteiger partial charge >= 0.3 is 5.97 Å². The van der Waals surface area contributed by atoms with E-state index >= 15 is 0 Å². The summed E-state index contributed by atoms with van der Waals surface area (Å²) in [7, 11) is 3.15. The first-order chi connectivity index (χ1) is 16.4. The molecular formula is C27H26N2O5. The molecule has 3 aromatic rings. The van der Waals surface area contributed by atoms with E-state index < -0.39 is 12.0 Å². The molecule has 7 heteroatoms. The second-order valence-corrected chi connectivity index (χ2v) is 7.88. The molecule has 0 aliphatic carbocycles. The van der Waals surface area contributed by atoms with Gasteiger partial charge in [-0.2, -0.15) is 0 Å². The van der Waals surface area contributed by atoms with Crippen LogP contribution in [0.15, 0.2) is 72.8 Å². The number of methoxy groups -OCH3 is 2. The van der Waals surface area contributed by atoms with E-state index in [-0.39, 0.29) is 5.91 Å². The second kappa shape index (κ2) is 9.70. The zero-order valence-electron chi connectivity index (χ0n) is 19.5. The minimum atomic E-state index is -0.450. The number of hydrogen-bond donors (Lipinski definition) is 1. The highest BCUT2D eigenvalue weighted by molar-refractivity contribution is 5.96. The predicted octanol–water partition coefficient (Wildman–Crippen LogP) is 4.68. The topological polar surface area (TPSA) is 77.1 Å². The van der Waals surface area contributed by atoms with Crippen molar-refractivity contribution < 1.29 is 23.8 Å². The molecule has 4 rings (SSSR count). The highest BCUT2D eigenvalue weighted by Gasteiger charge is 2.33. The molecule has 7 nitrogen and oxygen atoms in total. The monoisotopic (exact) mass is 458 g/mol. The molecule has 1 amide bonds. The summed E-state index contributed by atoms with van der Waals surface area (Å²) in [6.07, 6.45) is 1.93. The molecule has 0 unspecified atom stereocenters. The van der Waals surface area contributed by atoms with Gasteiger partial charge < -0.3 is 14.2 Å². The molecular weight excluding hydrogens is 432 g/mol. The first kappa shape index (κ1) is 22.9. The highest BCUT2D eigenvalue weighted by Crippen LogP contribution is 2.38. The maximum atomic E-state index is 13.5. The van der Waals surface area contributed by atoms with Crippen LogP contribution in [0.3, 0.4) is 0 Å². The van der Waals surface area contributed by atoms with Crippen LogP contribution in [0.25, 0.3) is 5.70 Å². The van der Waals surface area contributed by atoms with E-state index in [0.29, 0.717) is 34.1 Å². The van der Waals surface area contributed by atoms with E-state index in [1.165, 1.54) is 6.92 Å². The van der Waals surface area contributed by atoms with Crippen molar-refractivity contribution in [3.63, 3.8) is 0 Å². The Bertz CT molecular complexity index is 1250. The summed E-state index contributed by atoms with van der Waals surface area (Å²) in [6, 6.07) is 19.7. The van der Waals surface area contributed by atoms with Gasteiger partial charge in [-0.25, -0.2) is 5.01 Å². The molecule has 1 aliphatic heterocycles. The summed E-state index contributed by atoms with van der Waals surface area (Å²) in [4.78, 5) is 25.2. The standard InChI is InChI=1S/C27H26N2O5/c1-17-9-11-19(12-10-17)27(31)29-23(20-13-14-25(32-3)26(15-20)33-4)16-22(28-29)21-7-5-6-8-24(21)34-18(2)30/h5-16,23,28H,1-4H3/t23-/m0/s1. The van der Waals surface area contributed by atoms with Gasteiger partial charge in [0.15, 0.2) is 11.5 Å². The Morgan fingerprint density at radius 2 is 1.59 bits per heavy atom. The van der Waals surface area contributed by atoms with E-state index in [4.69, 9.17) is 14.2 Å².